The maximum absolute atomic E-state index is 12.9. The molecule has 0 atom stereocenters. The van der Waals surface area contributed by atoms with Gasteiger partial charge in [-0.25, -0.2) is 0 Å². The van der Waals surface area contributed by atoms with Crippen LogP contribution in [0.2, 0.25) is 0 Å². The Morgan fingerprint density at radius 1 is 1.00 bits per heavy atom. The molecular formula is C25H19NO4. The van der Waals surface area contributed by atoms with Crippen LogP contribution in [0.5, 0.6) is 5.75 Å². The first-order valence-corrected chi connectivity index (χ1v) is 9.77. The topological polar surface area (TPSA) is 74.7 Å². The Labute approximate surface area is 173 Å². The predicted molar refractivity (Wildman–Crippen MR) is 114 cm³/mol. The van der Waals surface area contributed by atoms with E-state index in [1.54, 1.807) is 30.3 Å². The van der Waals surface area contributed by atoms with E-state index in [2.05, 4.69) is 11.8 Å². The highest BCUT2D eigenvalue weighted by molar-refractivity contribution is 6.26. The SMILES string of the molecule is CCCCN1C(=O)c2cccc3c(C#Cc4ccc(O)c(C=O)c4)ccc(c23)C1=O. The average Bonchev–Trinajstić information content (AvgIpc) is 2.77. The summed E-state index contributed by atoms with van der Waals surface area (Å²) in [6.45, 7) is 2.43. The van der Waals surface area contributed by atoms with Crippen LogP contribution in [0.15, 0.2) is 48.5 Å². The summed E-state index contributed by atoms with van der Waals surface area (Å²) in [7, 11) is 0. The molecule has 2 amide bonds. The summed E-state index contributed by atoms with van der Waals surface area (Å²) < 4.78 is 0. The van der Waals surface area contributed by atoms with E-state index in [0.29, 0.717) is 40.5 Å². The van der Waals surface area contributed by atoms with Crippen molar-refractivity contribution < 1.29 is 19.5 Å². The smallest absolute Gasteiger partial charge is 0.261 e. The minimum atomic E-state index is -0.272. The number of benzene rings is 3. The summed E-state index contributed by atoms with van der Waals surface area (Å²) in [5, 5.41) is 11.0. The molecule has 0 radical (unpaired) electrons. The van der Waals surface area contributed by atoms with Crippen LogP contribution in [-0.2, 0) is 0 Å². The second-order valence-electron chi connectivity index (χ2n) is 7.15. The third-order valence-electron chi connectivity index (χ3n) is 5.22. The molecule has 5 nitrogen and oxygen atoms in total. The molecule has 0 bridgehead atoms. The van der Waals surface area contributed by atoms with Gasteiger partial charge in [0, 0.05) is 34.2 Å². The Kier molecular flexibility index (Phi) is 5.07. The highest BCUT2D eigenvalue weighted by Crippen LogP contribution is 2.32. The second-order valence-corrected chi connectivity index (χ2v) is 7.15. The predicted octanol–water partition coefficient (Wildman–Crippen LogP) is 4.15. The number of aromatic hydroxyl groups is 1. The molecule has 0 saturated heterocycles. The summed E-state index contributed by atoms with van der Waals surface area (Å²) in [5.41, 5.74) is 2.44. The van der Waals surface area contributed by atoms with Crippen molar-refractivity contribution in [1.29, 1.82) is 0 Å². The van der Waals surface area contributed by atoms with Crippen LogP contribution < -0.4 is 0 Å². The first-order valence-electron chi connectivity index (χ1n) is 9.77. The molecule has 148 valence electrons. The molecule has 4 rings (SSSR count). The zero-order chi connectivity index (χ0) is 21.3. The molecule has 0 aliphatic carbocycles. The number of hydrogen-bond acceptors (Lipinski definition) is 4. The van der Waals surface area contributed by atoms with Gasteiger partial charge in [0.1, 0.15) is 5.75 Å². The monoisotopic (exact) mass is 397 g/mol. The van der Waals surface area contributed by atoms with Crippen molar-refractivity contribution in [2.24, 2.45) is 0 Å². The number of nitrogens with zero attached hydrogens (tertiary/aromatic N) is 1. The summed E-state index contributed by atoms with van der Waals surface area (Å²) in [4.78, 5) is 38.2. The number of phenols is 1. The highest BCUT2D eigenvalue weighted by atomic mass is 16.3. The van der Waals surface area contributed by atoms with E-state index in [0.717, 1.165) is 18.2 Å². The van der Waals surface area contributed by atoms with E-state index < -0.39 is 0 Å². The molecule has 0 spiro atoms. The van der Waals surface area contributed by atoms with E-state index in [1.165, 1.54) is 17.0 Å². The summed E-state index contributed by atoms with van der Waals surface area (Å²) >= 11 is 0. The molecule has 3 aromatic carbocycles. The van der Waals surface area contributed by atoms with Crippen LogP contribution in [0.3, 0.4) is 0 Å². The maximum atomic E-state index is 12.9. The number of imide groups is 1. The third kappa shape index (κ3) is 3.23. The number of carbonyl (C=O) groups is 3. The first kappa shape index (κ1) is 19.4. The van der Waals surface area contributed by atoms with E-state index in [1.807, 2.05) is 13.0 Å². The van der Waals surface area contributed by atoms with Gasteiger partial charge in [-0.2, -0.15) is 0 Å². The van der Waals surface area contributed by atoms with Gasteiger partial charge in [0.2, 0.25) is 0 Å². The van der Waals surface area contributed by atoms with Crippen molar-refractivity contribution in [3.63, 3.8) is 0 Å². The summed E-state index contributed by atoms with van der Waals surface area (Å²) in [6, 6.07) is 13.4. The van der Waals surface area contributed by atoms with Crippen LogP contribution in [0.1, 0.15) is 62.0 Å². The molecule has 0 unspecified atom stereocenters. The normalized spacial score (nSPS) is 12.6. The summed E-state index contributed by atoms with van der Waals surface area (Å²) in [5.74, 6) is 5.42. The second kappa shape index (κ2) is 7.84. The van der Waals surface area contributed by atoms with Crippen molar-refractivity contribution in [1.82, 2.24) is 4.90 Å². The molecule has 0 fully saturated rings. The Bertz CT molecular complexity index is 1240. The molecule has 30 heavy (non-hydrogen) atoms. The van der Waals surface area contributed by atoms with Gasteiger partial charge in [0.15, 0.2) is 6.29 Å². The number of hydrogen-bond donors (Lipinski definition) is 1. The van der Waals surface area contributed by atoms with Crippen LogP contribution in [0.25, 0.3) is 10.8 Å². The van der Waals surface area contributed by atoms with E-state index >= 15 is 0 Å². The van der Waals surface area contributed by atoms with Gasteiger partial charge in [-0.1, -0.05) is 37.3 Å². The molecule has 3 aromatic rings. The molecule has 1 heterocycles. The van der Waals surface area contributed by atoms with Gasteiger partial charge in [0.25, 0.3) is 11.8 Å². The van der Waals surface area contributed by atoms with Crippen LogP contribution in [-0.4, -0.2) is 34.7 Å². The van der Waals surface area contributed by atoms with Crippen LogP contribution >= 0.6 is 0 Å². The Balaban J connectivity index is 1.81. The fourth-order valence-corrected chi connectivity index (χ4v) is 3.64. The zero-order valence-electron chi connectivity index (χ0n) is 16.4. The van der Waals surface area contributed by atoms with E-state index in [-0.39, 0.29) is 23.1 Å². The lowest BCUT2D eigenvalue weighted by Gasteiger charge is -2.27. The number of amides is 2. The lowest BCUT2D eigenvalue weighted by Crippen LogP contribution is -2.40. The van der Waals surface area contributed by atoms with E-state index in [4.69, 9.17) is 0 Å². The van der Waals surface area contributed by atoms with Gasteiger partial charge in [-0.15, -0.1) is 0 Å². The quantitative estimate of drug-likeness (QED) is 0.408. The van der Waals surface area contributed by atoms with Crippen molar-refractivity contribution in [2.75, 3.05) is 6.54 Å². The van der Waals surface area contributed by atoms with Crippen molar-refractivity contribution in [3.05, 3.63) is 76.3 Å². The molecule has 1 aliphatic rings. The van der Waals surface area contributed by atoms with Crippen molar-refractivity contribution in [3.8, 4) is 17.6 Å². The maximum Gasteiger partial charge on any atom is 0.261 e. The fraction of sp³-hybridized carbons (Fsp3) is 0.160. The van der Waals surface area contributed by atoms with Gasteiger partial charge >= 0.3 is 0 Å². The van der Waals surface area contributed by atoms with Crippen molar-refractivity contribution in [2.45, 2.75) is 19.8 Å². The molecule has 1 N–H and O–H groups in total. The van der Waals surface area contributed by atoms with E-state index in [9.17, 15) is 19.5 Å². The first-order chi connectivity index (χ1) is 14.5. The highest BCUT2D eigenvalue weighted by Gasteiger charge is 2.32. The lowest BCUT2D eigenvalue weighted by molar-refractivity contribution is 0.0608. The molecular weight excluding hydrogens is 378 g/mol. The third-order valence-corrected chi connectivity index (χ3v) is 5.22. The fourth-order valence-electron chi connectivity index (χ4n) is 3.64. The van der Waals surface area contributed by atoms with Crippen LogP contribution in [0, 0.1) is 11.8 Å². The van der Waals surface area contributed by atoms with Gasteiger partial charge in [-0.3, -0.25) is 19.3 Å². The number of unbranched alkanes of at least 4 members (excludes halogenated alkanes) is 1. The minimum absolute atomic E-state index is 0.0956. The Hall–Kier alpha value is -3.91. The van der Waals surface area contributed by atoms with Crippen molar-refractivity contribution >= 4 is 28.9 Å². The lowest BCUT2D eigenvalue weighted by atomic mass is 9.91. The average molecular weight is 397 g/mol. The number of phenolic OH excluding ortho intramolecular Hbond substituents is 1. The zero-order valence-corrected chi connectivity index (χ0v) is 16.4. The Morgan fingerprint density at radius 3 is 2.50 bits per heavy atom. The molecule has 5 heteroatoms. The molecule has 0 aromatic heterocycles. The number of rotatable bonds is 4. The van der Waals surface area contributed by atoms with Gasteiger partial charge in [0.05, 0.1) is 5.56 Å². The Morgan fingerprint density at radius 2 is 1.77 bits per heavy atom. The van der Waals surface area contributed by atoms with Gasteiger partial charge in [-0.05, 0) is 48.2 Å². The summed E-state index contributed by atoms with van der Waals surface area (Å²) in [6.07, 6.45) is 2.23. The number of aldehydes is 1. The largest absolute Gasteiger partial charge is 0.507 e. The van der Waals surface area contributed by atoms with Gasteiger partial charge < -0.3 is 5.11 Å². The standard InChI is InChI=1S/C25H19NO4/c1-2-3-13-26-24(29)20-6-4-5-19-17(10-11-21(23(19)20)25(26)30)9-7-16-8-12-22(28)18(14-16)15-27/h4-6,8,10-12,14-15,28H,2-3,13H2,1H3. The number of carbonyl (C=O) groups excluding carboxylic acids is 3. The van der Waals surface area contributed by atoms with Crippen LogP contribution in [0.4, 0.5) is 0 Å². The minimum Gasteiger partial charge on any atom is -0.507 e. The molecule has 0 saturated carbocycles. The molecule has 1 aliphatic heterocycles.